The number of ketones is 1. The molecule has 0 aromatic carbocycles. The van der Waals surface area contributed by atoms with Gasteiger partial charge in [0.1, 0.15) is 0 Å². The highest BCUT2D eigenvalue weighted by atomic mass is 16.1. The van der Waals surface area contributed by atoms with E-state index in [2.05, 4.69) is 10.6 Å². The first kappa shape index (κ1) is 8.54. The van der Waals surface area contributed by atoms with E-state index in [4.69, 9.17) is 0 Å². The lowest BCUT2D eigenvalue weighted by Crippen LogP contribution is -2.07. The first-order valence-corrected chi connectivity index (χ1v) is 5.03. The summed E-state index contributed by atoms with van der Waals surface area (Å²) in [5.74, 6) is 0.266. The van der Waals surface area contributed by atoms with Gasteiger partial charge in [0.15, 0.2) is 5.78 Å². The van der Waals surface area contributed by atoms with Crippen molar-refractivity contribution < 1.29 is 4.79 Å². The lowest BCUT2D eigenvalue weighted by molar-refractivity contribution is 0.0988. The third-order valence-corrected chi connectivity index (χ3v) is 2.71. The van der Waals surface area contributed by atoms with Gasteiger partial charge in [0.2, 0.25) is 0 Å². The van der Waals surface area contributed by atoms with Crippen molar-refractivity contribution in [2.45, 2.75) is 39.2 Å². The van der Waals surface area contributed by atoms with E-state index in [0.29, 0.717) is 6.42 Å². The van der Waals surface area contributed by atoms with E-state index in [1.807, 2.05) is 13.1 Å². The van der Waals surface area contributed by atoms with E-state index >= 15 is 0 Å². The molecule has 2 rings (SSSR count). The first-order valence-electron chi connectivity index (χ1n) is 5.03. The Bertz CT molecular complexity index is 301. The average Bonchev–Trinajstić information content (AvgIpc) is 2.59. The Morgan fingerprint density at radius 3 is 3.08 bits per heavy atom. The van der Waals surface area contributed by atoms with Crippen molar-refractivity contribution in [2.24, 2.45) is 0 Å². The number of aryl methyl sites for hydroxylation is 2. The predicted molar refractivity (Wildman–Crippen MR) is 52.0 cm³/mol. The van der Waals surface area contributed by atoms with Crippen LogP contribution in [0.15, 0.2) is 12.3 Å². The molecule has 0 amide bonds. The van der Waals surface area contributed by atoms with Gasteiger partial charge in [-0.15, -0.1) is 0 Å². The zero-order chi connectivity index (χ0) is 9.26. The fraction of sp³-hybridized carbons (Fsp3) is 0.545. The van der Waals surface area contributed by atoms with Crippen LogP contribution in [0.2, 0.25) is 0 Å². The third kappa shape index (κ3) is 1.53. The summed E-state index contributed by atoms with van der Waals surface area (Å²) in [6.07, 6.45) is 6.28. The topological polar surface area (TPSA) is 22.0 Å². The molecule has 1 aromatic heterocycles. The predicted octanol–water partition coefficient (Wildman–Crippen LogP) is 2.42. The van der Waals surface area contributed by atoms with Crippen LogP contribution in [0.5, 0.6) is 0 Å². The highest BCUT2D eigenvalue weighted by Gasteiger charge is 2.13. The second-order valence-electron chi connectivity index (χ2n) is 3.65. The van der Waals surface area contributed by atoms with Crippen LogP contribution in [0.4, 0.5) is 0 Å². The summed E-state index contributed by atoms with van der Waals surface area (Å²) in [7, 11) is 0. The van der Waals surface area contributed by atoms with Crippen LogP contribution in [0.3, 0.4) is 0 Å². The van der Waals surface area contributed by atoms with E-state index in [9.17, 15) is 4.79 Å². The minimum absolute atomic E-state index is 0.266. The molecular formula is C11H15NO. The summed E-state index contributed by atoms with van der Waals surface area (Å²) < 4.78 is 2.23. The molecular weight excluding hydrogens is 162 g/mol. The minimum Gasteiger partial charge on any atom is -0.351 e. The maximum absolute atomic E-state index is 11.4. The Morgan fingerprint density at radius 1 is 1.54 bits per heavy atom. The highest BCUT2D eigenvalue weighted by molar-refractivity contribution is 5.95. The van der Waals surface area contributed by atoms with Crippen molar-refractivity contribution in [1.29, 1.82) is 0 Å². The van der Waals surface area contributed by atoms with Gasteiger partial charge >= 0.3 is 0 Å². The maximum atomic E-state index is 11.4. The summed E-state index contributed by atoms with van der Waals surface area (Å²) in [6, 6.07) is 2.06. The Morgan fingerprint density at radius 2 is 2.38 bits per heavy atom. The molecule has 0 saturated heterocycles. The van der Waals surface area contributed by atoms with E-state index in [-0.39, 0.29) is 5.78 Å². The lowest BCUT2D eigenvalue weighted by atomic mass is 10.1. The molecule has 0 fully saturated rings. The first-order chi connectivity index (χ1) is 6.31. The number of carbonyl (C=O) groups excluding carboxylic acids is 1. The van der Waals surface area contributed by atoms with Crippen LogP contribution in [0, 0.1) is 0 Å². The molecule has 0 unspecified atom stereocenters. The van der Waals surface area contributed by atoms with Gasteiger partial charge in [0, 0.05) is 30.4 Å². The van der Waals surface area contributed by atoms with Gasteiger partial charge in [0.25, 0.3) is 0 Å². The quantitative estimate of drug-likeness (QED) is 0.636. The summed E-state index contributed by atoms with van der Waals surface area (Å²) in [5, 5.41) is 0. The van der Waals surface area contributed by atoms with Crippen LogP contribution < -0.4 is 0 Å². The summed E-state index contributed by atoms with van der Waals surface area (Å²) >= 11 is 0. The Labute approximate surface area is 78.6 Å². The second-order valence-corrected chi connectivity index (χ2v) is 3.65. The summed E-state index contributed by atoms with van der Waals surface area (Å²) in [4.78, 5) is 11.4. The normalized spacial score (nSPS) is 15.5. The van der Waals surface area contributed by atoms with Crippen molar-refractivity contribution in [3.63, 3.8) is 0 Å². The van der Waals surface area contributed by atoms with Gasteiger partial charge in [-0.2, -0.15) is 0 Å². The number of aromatic nitrogens is 1. The van der Waals surface area contributed by atoms with Gasteiger partial charge in [-0.1, -0.05) is 6.92 Å². The molecule has 2 heteroatoms. The number of carbonyl (C=O) groups is 1. The van der Waals surface area contributed by atoms with Crippen molar-refractivity contribution >= 4 is 5.78 Å². The second kappa shape index (κ2) is 3.36. The molecule has 0 spiro atoms. The molecule has 0 aliphatic carbocycles. The number of Topliss-reactive ketones (excluding diaryl/α,β-unsaturated/α-hetero) is 1. The summed E-state index contributed by atoms with van der Waals surface area (Å²) in [6.45, 7) is 3.01. The molecule has 1 aliphatic heterocycles. The lowest BCUT2D eigenvalue weighted by Gasteiger charge is -2.13. The average molecular weight is 177 g/mol. The van der Waals surface area contributed by atoms with Crippen molar-refractivity contribution in [2.75, 3.05) is 0 Å². The highest BCUT2D eigenvalue weighted by Crippen LogP contribution is 2.18. The van der Waals surface area contributed by atoms with Crippen LogP contribution in [0.1, 0.15) is 42.2 Å². The largest absolute Gasteiger partial charge is 0.351 e. The molecule has 1 aromatic rings. The number of fused-ring (bicyclic) bond motifs is 1. The monoisotopic (exact) mass is 177 g/mol. The van der Waals surface area contributed by atoms with E-state index in [1.54, 1.807) is 0 Å². The van der Waals surface area contributed by atoms with E-state index in [0.717, 1.165) is 18.5 Å². The van der Waals surface area contributed by atoms with Gasteiger partial charge in [-0.05, 0) is 25.3 Å². The SMILES string of the molecule is CCC(=O)c1cc2n(c1)CCCC2. The molecule has 13 heavy (non-hydrogen) atoms. The number of nitrogens with zero attached hydrogens (tertiary/aromatic N) is 1. The molecule has 0 bridgehead atoms. The number of rotatable bonds is 2. The molecule has 0 saturated carbocycles. The van der Waals surface area contributed by atoms with Gasteiger partial charge in [0.05, 0.1) is 0 Å². The Balaban J connectivity index is 2.30. The molecule has 0 radical (unpaired) electrons. The minimum atomic E-state index is 0.266. The van der Waals surface area contributed by atoms with Crippen LogP contribution >= 0.6 is 0 Å². The molecule has 2 heterocycles. The van der Waals surface area contributed by atoms with Gasteiger partial charge in [-0.3, -0.25) is 4.79 Å². The standard InChI is InChI=1S/C11H15NO/c1-2-11(13)9-7-10-5-3-4-6-12(10)8-9/h7-8H,2-6H2,1H3. The molecule has 2 nitrogen and oxygen atoms in total. The van der Waals surface area contributed by atoms with Crippen molar-refractivity contribution in [3.8, 4) is 0 Å². The Kier molecular flexibility index (Phi) is 2.21. The van der Waals surface area contributed by atoms with Crippen LogP contribution in [0.25, 0.3) is 0 Å². The zero-order valence-electron chi connectivity index (χ0n) is 8.05. The third-order valence-electron chi connectivity index (χ3n) is 2.71. The number of hydrogen-bond acceptors (Lipinski definition) is 1. The fourth-order valence-electron chi connectivity index (χ4n) is 1.92. The number of hydrogen-bond donors (Lipinski definition) is 0. The van der Waals surface area contributed by atoms with E-state index in [1.165, 1.54) is 18.5 Å². The van der Waals surface area contributed by atoms with Gasteiger partial charge in [-0.25, -0.2) is 0 Å². The molecule has 0 atom stereocenters. The summed E-state index contributed by atoms with van der Waals surface area (Å²) in [5.41, 5.74) is 2.24. The van der Waals surface area contributed by atoms with Crippen LogP contribution in [-0.2, 0) is 13.0 Å². The van der Waals surface area contributed by atoms with Crippen molar-refractivity contribution in [3.05, 3.63) is 23.5 Å². The molecule has 1 aliphatic rings. The zero-order valence-corrected chi connectivity index (χ0v) is 8.05. The van der Waals surface area contributed by atoms with E-state index < -0.39 is 0 Å². The molecule has 70 valence electrons. The Hall–Kier alpha value is -1.05. The van der Waals surface area contributed by atoms with Crippen molar-refractivity contribution in [1.82, 2.24) is 4.57 Å². The molecule has 0 N–H and O–H groups in total. The van der Waals surface area contributed by atoms with Gasteiger partial charge < -0.3 is 4.57 Å². The fourth-order valence-corrected chi connectivity index (χ4v) is 1.92. The van der Waals surface area contributed by atoms with Crippen LogP contribution in [-0.4, -0.2) is 10.4 Å². The smallest absolute Gasteiger partial charge is 0.164 e. The maximum Gasteiger partial charge on any atom is 0.164 e.